The molecule has 4 aromatic rings. The third-order valence-corrected chi connectivity index (χ3v) is 8.35. The number of carbonyl (C=O) groups is 1. The van der Waals surface area contributed by atoms with Gasteiger partial charge < -0.3 is 19.6 Å². The number of para-hydroxylation sites is 2. The molecule has 6 heteroatoms. The number of hydrogen-bond donors (Lipinski definition) is 1. The van der Waals surface area contributed by atoms with Gasteiger partial charge in [-0.05, 0) is 58.7 Å². The van der Waals surface area contributed by atoms with Crippen molar-refractivity contribution in [1.29, 1.82) is 0 Å². The van der Waals surface area contributed by atoms with Crippen LogP contribution in [-0.2, 0) is 4.79 Å². The molecular weight excluding hydrogens is 534 g/mol. The number of fused-ring (bicyclic) bond motifs is 1. The first-order chi connectivity index (χ1) is 21.1. The first-order valence-electron chi connectivity index (χ1n) is 15.2. The van der Waals surface area contributed by atoms with E-state index in [2.05, 4.69) is 70.5 Å². The van der Waals surface area contributed by atoms with Gasteiger partial charge in [-0.1, -0.05) is 78.9 Å². The summed E-state index contributed by atoms with van der Waals surface area (Å²) in [6.07, 6.45) is 6.06. The van der Waals surface area contributed by atoms with Crippen LogP contribution in [0.4, 0.5) is 5.69 Å². The Labute approximate surface area is 254 Å². The topological polar surface area (TPSA) is 56.3 Å². The third kappa shape index (κ3) is 7.34. The predicted molar refractivity (Wildman–Crippen MR) is 175 cm³/mol. The second-order valence-corrected chi connectivity index (χ2v) is 11.3. The lowest BCUT2D eigenvalue weighted by atomic mass is 9.97. The zero-order valence-electron chi connectivity index (χ0n) is 24.5. The summed E-state index contributed by atoms with van der Waals surface area (Å²) in [6.45, 7) is 5.47. The number of aliphatic hydroxyl groups excluding tert-OH is 1. The van der Waals surface area contributed by atoms with Crippen LogP contribution in [0.5, 0.6) is 5.75 Å². The summed E-state index contributed by atoms with van der Waals surface area (Å²) >= 11 is 0. The van der Waals surface area contributed by atoms with Crippen molar-refractivity contribution >= 4 is 34.0 Å². The maximum Gasteiger partial charge on any atom is 0.246 e. The Morgan fingerprint density at radius 1 is 0.837 bits per heavy atom. The summed E-state index contributed by atoms with van der Waals surface area (Å²) in [5.74, 6) is 0.667. The molecule has 6 rings (SSSR count). The van der Waals surface area contributed by atoms with Crippen molar-refractivity contribution in [2.45, 2.75) is 12.5 Å². The molecule has 1 N–H and O–H groups in total. The van der Waals surface area contributed by atoms with Crippen LogP contribution in [-0.4, -0.2) is 79.3 Å². The fourth-order valence-corrected chi connectivity index (χ4v) is 5.90. The number of piperazine rings is 1. The van der Waals surface area contributed by atoms with E-state index in [0.29, 0.717) is 25.4 Å². The number of anilines is 1. The highest BCUT2D eigenvalue weighted by atomic mass is 16.5. The van der Waals surface area contributed by atoms with Crippen LogP contribution in [0.1, 0.15) is 17.5 Å². The van der Waals surface area contributed by atoms with Gasteiger partial charge in [0.15, 0.2) is 0 Å². The van der Waals surface area contributed by atoms with Crippen molar-refractivity contribution in [2.24, 2.45) is 0 Å². The van der Waals surface area contributed by atoms with E-state index < -0.39 is 6.10 Å². The minimum absolute atomic E-state index is 0.00348. The van der Waals surface area contributed by atoms with Crippen LogP contribution >= 0.6 is 0 Å². The second kappa shape index (κ2) is 13.7. The van der Waals surface area contributed by atoms with E-state index in [1.54, 1.807) is 6.08 Å². The highest BCUT2D eigenvalue weighted by molar-refractivity contribution is 5.92. The van der Waals surface area contributed by atoms with Crippen molar-refractivity contribution in [2.75, 3.05) is 57.3 Å². The molecule has 0 aliphatic carbocycles. The van der Waals surface area contributed by atoms with Gasteiger partial charge in [0, 0.05) is 63.1 Å². The molecule has 43 heavy (non-hydrogen) atoms. The van der Waals surface area contributed by atoms with E-state index in [-0.39, 0.29) is 12.5 Å². The lowest BCUT2D eigenvalue weighted by molar-refractivity contribution is -0.126. The molecule has 1 unspecified atom stereocenters. The molecular formula is C37H39N3O3. The Kier molecular flexibility index (Phi) is 9.16. The predicted octanol–water partition coefficient (Wildman–Crippen LogP) is 5.73. The average molecular weight is 574 g/mol. The molecule has 0 bridgehead atoms. The van der Waals surface area contributed by atoms with Gasteiger partial charge in [0.2, 0.25) is 5.91 Å². The van der Waals surface area contributed by atoms with Crippen LogP contribution in [0, 0.1) is 0 Å². The Morgan fingerprint density at radius 3 is 2.37 bits per heavy atom. The summed E-state index contributed by atoms with van der Waals surface area (Å²) in [4.78, 5) is 19.4. The highest BCUT2D eigenvalue weighted by Crippen LogP contribution is 2.26. The van der Waals surface area contributed by atoms with Crippen molar-refractivity contribution in [3.8, 4) is 5.75 Å². The smallest absolute Gasteiger partial charge is 0.246 e. The van der Waals surface area contributed by atoms with Crippen molar-refractivity contribution in [3.63, 3.8) is 0 Å². The molecule has 2 heterocycles. The van der Waals surface area contributed by atoms with Crippen LogP contribution in [0.2, 0.25) is 0 Å². The number of amides is 1. The summed E-state index contributed by atoms with van der Waals surface area (Å²) in [6, 6.07) is 33.1. The van der Waals surface area contributed by atoms with Gasteiger partial charge in [0.05, 0.1) is 0 Å². The minimum Gasteiger partial charge on any atom is -0.490 e. The molecule has 4 aromatic carbocycles. The number of ether oxygens (including phenoxy) is 1. The molecule has 2 aliphatic heterocycles. The van der Waals surface area contributed by atoms with E-state index in [1.807, 2.05) is 53.4 Å². The van der Waals surface area contributed by atoms with Crippen LogP contribution in [0.15, 0.2) is 109 Å². The van der Waals surface area contributed by atoms with E-state index in [9.17, 15) is 9.90 Å². The van der Waals surface area contributed by atoms with E-state index in [0.717, 1.165) is 38.2 Å². The number of carbonyl (C=O) groups excluding carboxylic acids is 1. The zero-order chi connectivity index (χ0) is 29.4. The number of hydrogen-bond acceptors (Lipinski definition) is 5. The van der Waals surface area contributed by atoms with Crippen molar-refractivity contribution in [3.05, 3.63) is 120 Å². The summed E-state index contributed by atoms with van der Waals surface area (Å²) in [7, 11) is 0. The number of aliphatic hydroxyl groups is 1. The summed E-state index contributed by atoms with van der Waals surface area (Å²) in [5.41, 5.74) is 4.66. The first kappa shape index (κ1) is 28.7. The third-order valence-electron chi connectivity index (χ3n) is 8.35. The lowest BCUT2D eigenvalue weighted by Crippen LogP contribution is -2.48. The van der Waals surface area contributed by atoms with Gasteiger partial charge in [-0.15, -0.1) is 0 Å². The normalized spacial score (nSPS) is 16.8. The largest absolute Gasteiger partial charge is 0.490 e. The molecule has 220 valence electrons. The van der Waals surface area contributed by atoms with Gasteiger partial charge >= 0.3 is 0 Å². The van der Waals surface area contributed by atoms with Gasteiger partial charge in [-0.2, -0.15) is 0 Å². The number of rotatable bonds is 9. The number of benzene rings is 4. The van der Waals surface area contributed by atoms with Gasteiger partial charge in [-0.3, -0.25) is 9.69 Å². The average Bonchev–Trinajstić information content (AvgIpc) is 3.07. The van der Waals surface area contributed by atoms with Crippen LogP contribution < -0.4 is 9.64 Å². The molecule has 1 fully saturated rings. The number of β-amino-alcohol motifs (C(OH)–C–C–N with tert-alkyl or cyclic N) is 1. The maximum absolute atomic E-state index is 12.9. The van der Waals surface area contributed by atoms with Crippen LogP contribution in [0.3, 0.4) is 0 Å². The molecule has 0 saturated carbocycles. The first-order valence-corrected chi connectivity index (χ1v) is 15.2. The molecule has 0 radical (unpaired) electrons. The molecule has 0 aromatic heterocycles. The Morgan fingerprint density at radius 2 is 1.58 bits per heavy atom. The molecule has 1 amide bonds. The Bertz CT molecular complexity index is 1590. The minimum atomic E-state index is -0.616. The molecule has 6 nitrogen and oxygen atoms in total. The second-order valence-electron chi connectivity index (χ2n) is 11.3. The lowest BCUT2D eigenvalue weighted by Gasteiger charge is -2.35. The van der Waals surface area contributed by atoms with Crippen molar-refractivity contribution < 1.29 is 14.6 Å². The standard InChI is InChI=1S/C37H39N3O3/c41-35(27-38-20-18-30(19-21-38)33-15-14-29-8-4-5-10-32(29)26-33)28-43-36-13-7-6-9-31(36)16-17-37(42)40-24-22-39(23-25-40)34-11-2-1-3-12-34/h1-18,26,35,41H,19-25,27-28H2. The Hall–Kier alpha value is -4.39. The zero-order valence-corrected chi connectivity index (χ0v) is 24.5. The fourth-order valence-electron chi connectivity index (χ4n) is 5.90. The summed E-state index contributed by atoms with van der Waals surface area (Å²) in [5, 5.41) is 13.3. The number of nitrogens with zero attached hydrogens (tertiary/aromatic N) is 3. The van der Waals surface area contributed by atoms with Gasteiger partial charge in [0.25, 0.3) is 0 Å². The molecule has 1 saturated heterocycles. The summed E-state index contributed by atoms with van der Waals surface area (Å²) < 4.78 is 6.04. The van der Waals surface area contributed by atoms with Gasteiger partial charge in [-0.25, -0.2) is 0 Å². The molecule has 2 aliphatic rings. The molecule has 0 spiro atoms. The quantitative estimate of drug-likeness (QED) is 0.259. The maximum atomic E-state index is 12.9. The van der Waals surface area contributed by atoms with Crippen LogP contribution in [0.25, 0.3) is 22.4 Å². The SMILES string of the molecule is O=C(C=Cc1ccccc1OCC(O)CN1CC=C(c2ccc3ccccc3c2)CC1)N1CCN(c2ccccc2)CC1. The van der Waals surface area contributed by atoms with Crippen molar-refractivity contribution in [1.82, 2.24) is 9.80 Å². The van der Waals surface area contributed by atoms with E-state index in [1.165, 1.54) is 27.6 Å². The monoisotopic (exact) mass is 573 g/mol. The van der Waals surface area contributed by atoms with E-state index in [4.69, 9.17) is 4.74 Å². The molecule has 1 atom stereocenters. The Balaban J connectivity index is 0.977. The van der Waals surface area contributed by atoms with E-state index >= 15 is 0 Å². The fraction of sp³-hybridized carbons (Fsp3) is 0.270. The van der Waals surface area contributed by atoms with Gasteiger partial charge in [0.1, 0.15) is 18.5 Å². The highest BCUT2D eigenvalue weighted by Gasteiger charge is 2.20.